The lowest BCUT2D eigenvalue weighted by Crippen LogP contribution is -2.31. The average Bonchev–Trinajstić information content (AvgIpc) is 3.15. The van der Waals surface area contributed by atoms with Gasteiger partial charge in [0.15, 0.2) is 0 Å². The summed E-state index contributed by atoms with van der Waals surface area (Å²) in [5.74, 6) is -0.513. The van der Waals surface area contributed by atoms with Crippen LogP contribution in [0.1, 0.15) is 30.5 Å². The van der Waals surface area contributed by atoms with E-state index in [-0.39, 0.29) is 11.3 Å². The van der Waals surface area contributed by atoms with Crippen LogP contribution in [0.2, 0.25) is 0 Å². The van der Waals surface area contributed by atoms with Crippen LogP contribution in [0.15, 0.2) is 49.7 Å². The Labute approximate surface area is 194 Å². The first kappa shape index (κ1) is 22.8. The molecular formula is C24H26N6O4. The number of H-pyrrole nitrogens is 3. The van der Waals surface area contributed by atoms with Crippen LogP contribution in [-0.4, -0.2) is 43.9 Å². The van der Waals surface area contributed by atoms with E-state index in [1.54, 1.807) is 18.2 Å². The number of nitrogens with one attached hydrogen (secondary N) is 3. The van der Waals surface area contributed by atoms with Gasteiger partial charge in [0.25, 0.3) is 5.56 Å². The van der Waals surface area contributed by atoms with E-state index in [2.05, 4.69) is 24.8 Å². The third kappa shape index (κ3) is 4.05. The molecule has 0 radical (unpaired) electrons. The molecule has 4 N–H and O–H groups in total. The van der Waals surface area contributed by atoms with E-state index in [9.17, 15) is 19.5 Å². The molecule has 34 heavy (non-hydrogen) atoms. The number of aryl methyl sites for hydroxylation is 2. The summed E-state index contributed by atoms with van der Waals surface area (Å²) in [6.07, 6.45) is 1.23. The quantitative estimate of drug-likeness (QED) is 0.326. The molecule has 0 saturated carbocycles. The topological polar surface area (TPSA) is 139 Å². The number of rotatable bonds is 6. The monoisotopic (exact) mass is 462 g/mol. The van der Waals surface area contributed by atoms with Crippen LogP contribution in [0, 0.1) is 13.8 Å². The lowest BCUT2D eigenvalue weighted by atomic mass is 10.1. The van der Waals surface area contributed by atoms with Crippen molar-refractivity contribution in [3.8, 4) is 11.6 Å². The third-order valence-electron chi connectivity index (χ3n) is 5.92. The number of aromatic hydroxyl groups is 1. The summed E-state index contributed by atoms with van der Waals surface area (Å²) in [5.41, 5.74) is 2.82. The van der Waals surface area contributed by atoms with Crippen LogP contribution in [0.3, 0.4) is 0 Å². The molecule has 0 bridgehead atoms. The second-order valence-electron chi connectivity index (χ2n) is 8.00. The first-order chi connectivity index (χ1) is 16.2. The van der Waals surface area contributed by atoms with Crippen molar-refractivity contribution in [3.05, 3.63) is 78.3 Å². The number of hydrogen-bond acceptors (Lipinski definition) is 6. The molecule has 0 unspecified atom stereocenters. The molecule has 0 saturated heterocycles. The largest absolute Gasteiger partial charge is 0.493 e. The summed E-state index contributed by atoms with van der Waals surface area (Å²) < 4.78 is 1.04. The Morgan fingerprint density at radius 3 is 2.29 bits per heavy atom. The van der Waals surface area contributed by atoms with Gasteiger partial charge < -0.3 is 20.0 Å². The van der Waals surface area contributed by atoms with Crippen molar-refractivity contribution in [2.45, 2.75) is 27.7 Å². The molecular weight excluding hydrogens is 436 g/mol. The molecule has 0 aliphatic carbocycles. The summed E-state index contributed by atoms with van der Waals surface area (Å²) in [5, 5.41) is 10.9. The highest BCUT2D eigenvalue weighted by atomic mass is 16.3. The van der Waals surface area contributed by atoms with Gasteiger partial charge in [0.1, 0.15) is 5.56 Å². The summed E-state index contributed by atoms with van der Waals surface area (Å²) in [6.45, 7) is 9.22. The first-order valence-electron chi connectivity index (χ1n) is 10.9. The summed E-state index contributed by atoms with van der Waals surface area (Å²) in [6, 6.07) is 8.79. The minimum Gasteiger partial charge on any atom is -0.493 e. The van der Waals surface area contributed by atoms with Crippen molar-refractivity contribution in [2.75, 3.05) is 18.0 Å². The number of fused-ring (bicyclic) bond motifs is 1. The highest BCUT2D eigenvalue weighted by Crippen LogP contribution is 2.32. The first-order valence-corrected chi connectivity index (χ1v) is 10.9. The van der Waals surface area contributed by atoms with Gasteiger partial charge >= 0.3 is 11.4 Å². The number of aromatic nitrogens is 4. The van der Waals surface area contributed by atoms with E-state index in [0.717, 1.165) is 21.4 Å². The van der Waals surface area contributed by atoms with Crippen LogP contribution in [-0.2, 0) is 0 Å². The maximum absolute atomic E-state index is 12.6. The Bertz CT molecular complexity index is 1580. The Hall–Kier alpha value is -4.34. The molecule has 176 valence electrons. The molecule has 0 spiro atoms. The van der Waals surface area contributed by atoms with E-state index < -0.39 is 17.1 Å². The summed E-state index contributed by atoms with van der Waals surface area (Å²) in [7, 11) is 0. The zero-order valence-electron chi connectivity index (χ0n) is 19.4. The molecule has 4 rings (SSSR count). The molecule has 0 fully saturated rings. The molecule has 10 nitrogen and oxygen atoms in total. The predicted molar refractivity (Wildman–Crippen MR) is 134 cm³/mol. The maximum Gasteiger partial charge on any atom is 0.335 e. The minimum absolute atomic E-state index is 0.161. The molecule has 0 amide bonds. The van der Waals surface area contributed by atoms with E-state index in [1.807, 2.05) is 39.8 Å². The fourth-order valence-corrected chi connectivity index (χ4v) is 3.87. The Morgan fingerprint density at radius 1 is 0.971 bits per heavy atom. The second-order valence-corrected chi connectivity index (χ2v) is 8.00. The van der Waals surface area contributed by atoms with Crippen molar-refractivity contribution < 1.29 is 5.11 Å². The minimum atomic E-state index is -0.758. The van der Waals surface area contributed by atoms with Crippen LogP contribution in [0.25, 0.3) is 16.7 Å². The summed E-state index contributed by atoms with van der Waals surface area (Å²) in [4.78, 5) is 51.0. The molecule has 2 heterocycles. The molecule has 2 aromatic heterocycles. The van der Waals surface area contributed by atoms with Crippen LogP contribution in [0.5, 0.6) is 5.88 Å². The smallest absolute Gasteiger partial charge is 0.335 e. The van der Waals surface area contributed by atoms with Gasteiger partial charge in [0.2, 0.25) is 5.88 Å². The van der Waals surface area contributed by atoms with Crippen LogP contribution in [0.4, 0.5) is 11.4 Å². The molecule has 4 aromatic rings. The number of anilines is 1. The van der Waals surface area contributed by atoms with Gasteiger partial charge in [-0.2, -0.15) is 0 Å². The Kier molecular flexibility index (Phi) is 5.97. The molecule has 2 aromatic carbocycles. The van der Waals surface area contributed by atoms with Gasteiger partial charge in [0, 0.05) is 19.3 Å². The van der Waals surface area contributed by atoms with E-state index in [1.165, 1.54) is 6.21 Å². The number of imidazole rings is 1. The van der Waals surface area contributed by atoms with Gasteiger partial charge in [-0.15, -0.1) is 0 Å². The Balaban J connectivity index is 1.88. The molecule has 0 aliphatic heterocycles. The van der Waals surface area contributed by atoms with Gasteiger partial charge in [0.05, 0.1) is 28.1 Å². The SMILES string of the molecule is CCN(CC)c1cc2[nH]c(=O)[nH]c2cc1N=Cc1c(O)n(-c2ccc(C)c(C)c2)c(=O)[nH]c1=O. The maximum atomic E-state index is 12.6. The number of nitrogens with zero attached hydrogens (tertiary/aromatic N) is 3. The van der Waals surface area contributed by atoms with Crippen molar-refractivity contribution >= 4 is 28.6 Å². The normalized spacial score (nSPS) is 11.5. The lowest BCUT2D eigenvalue weighted by Gasteiger charge is -2.22. The van der Waals surface area contributed by atoms with Crippen molar-refractivity contribution in [1.29, 1.82) is 0 Å². The van der Waals surface area contributed by atoms with Gasteiger partial charge in [-0.3, -0.25) is 14.8 Å². The summed E-state index contributed by atoms with van der Waals surface area (Å²) >= 11 is 0. The molecule has 0 aliphatic rings. The number of hydrogen-bond donors (Lipinski definition) is 4. The van der Waals surface area contributed by atoms with Crippen LogP contribution < -0.4 is 21.8 Å². The number of benzene rings is 2. The van der Waals surface area contributed by atoms with Crippen molar-refractivity contribution in [2.24, 2.45) is 4.99 Å². The van der Waals surface area contributed by atoms with E-state index in [4.69, 9.17) is 0 Å². The number of aromatic amines is 3. The molecule has 10 heteroatoms. The van der Waals surface area contributed by atoms with E-state index >= 15 is 0 Å². The highest BCUT2D eigenvalue weighted by molar-refractivity contribution is 5.91. The fraction of sp³-hybridized carbons (Fsp3) is 0.250. The third-order valence-corrected chi connectivity index (χ3v) is 5.92. The van der Waals surface area contributed by atoms with Crippen molar-refractivity contribution in [1.82, 2.24) is 19.5 Å². The van der Waals surface area contributed by atoms with Gasteiger partial charge in [-0.1, -0.05) is 6.07 Å². The van der Waals surface area contributed by atoms with E-state index in [0.29, 0.717) is 35.5 Å². The fourth-order valence-electron chi connectivity index (χ4n) is 3.87. The Morgan fingerprint density at radius 2 is 1.65 bits per heavy atom. The molecule has 0 atom stereocenters. The second kappa shape index (κ2) is 8.89. The van der Waals surface area contributed by atoms with Gasteiger partial charge in [-0.25, -0.2) is 14.2 Å². The zero-order chi connectivity index (χ0) is 24.6. The average molecular weight is 463 g/mol. The van der Waals surface area contributed by atoms with Crippen molar-refractivity contribution in [3.63, 3.8) is 0 Å². The highest BCUT2D eigenvalue weighted by Gasteiger charge is 2.16. The zero-order valence-corrected chi connectivity index (χ0v) is 19.4. The number of aliphatic imine (C=N–C) groups is 1. The van der Waals surface area contributed by atoms with Gasteiger partial charge in [-0.05, 0) is 63.1 Å². The van der Waals surface area contributed by atoms with Crippen LogP contribution >= 0.6 is 0 Å². The lowest BCUT2D eigenvalue weighted by molar-refractivity contribution is 0.430. The predicted octanol–water partition coefficient (Wildman–Crippen LogP) is 2.61. The standard InChI is InChI=1S/C24H26N6O4/c1-5-29(6-2)20-11-18-17(26-23(33)27-18)10-19(20)25-12-16-21(31)28-24(34)30(22(16)32)15-8-7-13(3)14(4)9-15/h7-12,32H,5-6H2,1-4H3,(H2,26,27,33)(H,28,31,34).